The van der Waals surface area contributed by atoms with Gasteiger partial charge in [0.2, 0.25) is 0 Å². The lowest BCUT2D eigenvalue weighted by Crippen LogP contribution is -2.31. The zero-order chi connectivity index (χ0) is 20.5. The monoisotopic (exact) mass is 361 g/mol. The minimum Gasteiger partial charge on any atom is -0.466 e. The number of benzene rings is 1. The molecule has 6 nitrogen and oxygen atoms in total. The van der Waals surface area contributed by atoms with Crippen LogP contribution in [0.3, 0.4) is 0 Å². The van der Waals surface area contributed by atoms with E-state index in [0.717, 1.165) is 0 Å². The van der Waals surface area contributed by atoms with Crippen molar-refractivity contribution in [2.75, 3.05) is 13.7 Å². The zero-order valence-electron chi connectivity index (χ0n) is 15.8. The van der Waals surface area contributed by atoms with Gasteiger partial charge in [-0.1, -0.05) is 56.1 Å². The maximum Gasteiger partial charge on any atom is 0.414 e. The highest BCUT2D eigenvalue weighted by Gasteiger charge is 2.07. The van der Waals surface area contributed by atoms with Crippen molar-refractivity contribution in [2.45, 2.75) is 20.8 Å². The molecule has 0 atom stereocenters. The summed E-state index contributed by atoms with van der Waals surface area (Å²) in [6, 6.07) is 10.0. The van der Waals surface area contributed by atoms with Gasteiger partial charge in [-0.15, -0.1) is 0 Å². The van der Waals surface area contributed by atoms with Crippen LogP contribution in [-0.2, 0) is 19.1 Å². The molecule has 0 aliphatic rings. The first kappa shape index (κ1) is 25.1. The number of hydrogen-bond acceptors (Lipinski definition) is 5. The highest BCUT2D eigenvalue weighted by molar-refractivity contribution is 6.01. The summed E-state index contributed by atoms with van der Waals surface area (Å²) in [6.07, 6.45) is 1.10. The van der Waals surface area contributed by atoms with Crippen LogP contribution in [0.5, 0.6) is 0 Å². The van der Waals surface area contributed by atoms with E-state index in [4.69, 9.17) is 0 Å². The highest BCUT2D eigenvalue weighted by Crippen LogP contribution is 1.97. The SMILES string of the molecule is C=C(C)C(=O)NC(=O)OCC.C=C(C)C(=O)OC.C=Cc1ccccc1. The summed E-state index contributed by atoms with van der Waals surface area (Å²) in [5.74, 6) is -0.858. The summed E-state index contributed by atoms with van der Waals surface area (Å²) in [5.41, 5.74) is 1.88. The third-order valence-corrected chi connectivity index (χ3v) is 2.45. The molecular formula is C20H27NO5. The van der Waals surface area contributed by atoms with Gasteiger partial charge in [0, 0.05) is 11.1 Å². The number of hydrogen-bond donors (Lipinski definition) is 1. The third kappa shape index (κ3) is 14.4. The summed E-state index contributed by atoms with van der Waals surface area (Å²) < 4.78 is 8.72. The highest BCUT2D eigenvalue weighted by atomic mass is 16.5. The van der Waals surface area contributed by atoms with Gasteiger partial charge in [0.15, 0.2) is 0 Å². The van der Waals surface area contributed by atoms with Crippen molar-refractivity contribution in [3.05, 3.63) is 66.8 Å². The van der Waals surface area contributed by atoms with Gasteiger partial charge < -0.3 is 9.47 Å². The summed E-state index contributed by atoms with van der Waals surface area (Å²) in [4.78, 5) is 31.5. The molecule has 0 radical (unpaired) electrons. The quantitative estimate of drug-likeness (QED) is 0.650. The second-order valence-electron chi connectivity index (χ2n) is 4.84. The molecule has 1 rings (SSSR count). The second kappa shape index (κ2) is 15.4. The minimum absolute atomic E-state index is 0.245. The summed E-state index contributed by atoms with van der Waals surface area (Å²) in [5, 5.41) is 1.98. The number of ether oxygens (including phenoxy) is 2. The van der Waals surface area contributed by atoms with E-state index in [1.807, 2.05) is 41.7 Å². The smallest absolute Gasteiger partial charge is 0.414 e. The molecule has 26 heavy (non-hydrogen) atoms. The van der Waals surface area contributed by atoms with E-state index in [2.05, 4.69) is 29.2 Å². The Bertz CT molecular complexity index is 620. The lowest BCUT2D eigenvalue weighted by molar-refractivity contribution is -0.136. The van der Waals surface area contributed by atoms with Crippen LogP contribution in [0.1, 0.15) is 26.3 Å². The number of carbonyl (C=O) groups is 3. The lowest BCUT2D eigenvalue weighted by atomic mass is 10.2. The Kier molecular flexibility index (Phi) is 14.8. The fourth-order valence-electron chi connectivity index (χ4n) is 1.13. The van der Waals surface area contributed by atoms with Crippen molar-refractivity contribution in [2.24, 2.45) is 0 Å². The first-order valence-electron chi connectivity index (χ1n) is 7.74. The molecule has 0 bridgehead atoms. The number of amides is 2. The van der Waals surface area contributed by atoms with E-state index in [1.54, 1.807) is 13.8 Å². The summed E-state index contributed by atoms with van der Waals surface area (Å²) in [7, 11) is 1.33. The van der Waals surface area contributed by atoms with Gasteiger partial charge in [0.25, 0.3) is 5.91 Å². The predicted molar refractivity (Wildman–Crippen MR) is 103 cm³/mol. The van der Waals surface area contributed by atoms with Crippen LogP contribution in [0.2, 0.25) is 0 Å². The van der Waals surface area contributed by atoms with Crippen LogP contribution in [0.15, 0.2) is 61.2 Å². The zero-order valence-corrected chi connectivity index (χ0v) is 15.8. The van der Waals surface area contributed by atoms with Gasteiger partial charge >= 0.3 is 12.1 Å². The summed E-state index contributed by atoms with van der Waals surface area (Å²) in [6.45, 7) is 15.3. The number of imide groups is 1. The van der Waals surface area contributed by atoms with E-state index in [-0.39, 0.29) is 18.1 Å². The number of nitrogens with one attached hydrogen (secondary N) is 1. The van der Waals surface area contributed by atoms with Crippen molar-refractivity contribution in [1.29, 1.82) is 0 Å². The molecule has 1 aromatic rings. The van der Waals surface area contributed by atoms with Gasteiger partial charge in [0.1, 0.15) is 0 Å². The number of rotatable bonds is 4. The van der Waals surface area contributed by atoms with E-state index >= 15 is 0 Å². The van der Waals surface area contributed by atoms with Crippen molar-refractivity contribution >= 4 is 24.0 Å². The van der Waals surface area contributed by atoms with Crippen molar-refractivity contribution in [3.8, 4) is 0 Å². The molecule has 0 fully saturated rings. The maximum atomic E-state index is 10.7. The normalized spacial score (nSPS) is 8.31. The fraction of sp³-hybridized carbons (Fsp3) is 0.250. The fourth-order valence-corrected chi connectivity index (χ4v) is 1.13. The molecule has 1 N–H and O–H groups in total. The van der Waals surface area contributed by atoms with Crippen LogP contribution in [0.4, 0.5) is 4.79 Å². The molecule has 0 heterocycles. The molecule has 2 amide bonds. The van der Waals surface area contributed by atoms with Crippen LogP contribution in [0, 0.1) is 0 Å². The van der Waals surface area contributed by atoms with Gasteiger partial charge in [-0.25, -0.2) is 9.59 Å². The van der Waals surface area contributed by atoms with Gasteiger partial charge in [-0.05, 0) is 26.3 Å². The molecule has 0 aromatic heterocycles. The Morgan fingerprint density at radius 1 is 1.08 bits per heavy atom. The molecule has 0 saturated carbocycles. The van der Waals surface area contributed by atoms with Crippen LogP contribution < -0.4 is 5.32 Å². The van der Waals surface area contributed by atoms with Crippen LogP contribution >= 0.6 is 0 Å². The molecule has 0 unspecified atom stereocenters. The number of alkyl carbamates (subject to hydrolysis) is 1. The first-order chi connectivity index (χ1) is 12.2. The molecule has 0 saturated heterocycles. The maximum absolute atomic E-state index is 10.7. The molecule has 0 spiro atoms. The van der Waals surface area contributed by atoms with Gasteiger partial charge in [-0.3, -0.25) is 10.1 Å². The second-order valence-corrected chi connectivity index (χ2v) is 4.84. The Hall–Kier alpha value is -3.15. The lowest BCUT2D eigenvalue weighted by Gasteiger charge is -2.01. The van der Waals surface area contributed by atoms with Crippen LogP contribution in [0.25, 0.3) is 6.08 Å². The average molecular weight is 361 g/mol. The van der Waals surface area contributed by atoms with E-state index in [9.17, 15) is 14.4 Å². The minimum atomic E-state index is -0.736. The Labute approximate surface area is 155 Å². The van der Waals surface area contributed by atoms with Crippen LogP contribution in [-0.4, -0.2) is 31.7 Å². The Morgan fingerprint density at radius 2 is 1.62 bits per heavy atom. The molecule has 0 aliphatic heterocycles. The average Bonchev–Trinajstić information content (AvgIpc) is 2.62. The predicted octanol–water partition coefficient (Wildman–Crippen LogP) is 3.90. The molecule has 1 aromatic carbocycles. The molecular weight excluding hydrogens is 334 g/mol. The molecule has 6 heteroatoms. The van der Waals surface area contributed by atoms with E-state index < -0.39 is 12.0 Å². The van der Waals surface area contributed by atoms with Crippen molar-refractivity contribution in [3.63, 3.8) is 0 Å². The van der Waals surface area contributed by atoms with Gasteiger partial charge in [0.05, 0.1) is 13.7 Å². The number of carbonyl (C=O) groups excluding carboxylic acids is 3. The van der Waals surface area contributed by atoms with Gasteiger partial charge in [-0.2, -0.15) is 0 Å². The standard InChI is InChI=1S/C8H8.C7H11NO3.C5H8O2/c1-2-8-6-4-3-5-7-8;1-4-11-7(10)8-6(9)5(2)3;1-4(2)5(6)7-3/h2-7H,1H2;2,4H2,1,3H3,(H,8,9,10);1H2,2-3H3. The Balaban J connectivity index is 0. The largest absolute Gasteiger partial charge is 0.466 e. The summed E-state index contributed by atoms with van der Waals surface area (Å²) >= 11 is 0. The van der Waals surface area contributed by atoms with E-state index in [1.165, 1.54) is 19.6 Å². The Morgan fingerprint density at radius 3 is 1.88 bits per heavy atom. The molecule has 142 valence electrons. The van der Waals surface area contributed by atoms with Crippen molar-refractivity contribution in [1.82, 2.24) is 5.32 Å². The molecule has 0 aliphatic carbocycles. The first-order valence-corrected chi connectivity index (χ1v) is 7.74. The number of methoxy groups -OCH3 is 1. The third-order valence-electron chi connectivity index (χ3n) is 2.45. The topological polar surface area (TPSA) is 81.7 Å². The van der Waals surface area contributed by atoms with E-state index in [0.29, 0.717) is 5.57 Å². The van der Waals surface area contributed by atoms with Crippen molar-refractivity contribution < 1.29 is 23.9 Å². The number of esters is 1.